The third kappa shape index (κ3) is 8.82. The van der Waals surface area contributed by atoms with Crippen LogP contribution in [-0.2, 0) is 9.53 Å². The molecule has 184 valence electrons. The maximum absolute atomic E-state index is 12.7. The molecule has 5 unspecified atom stereocenters. The number of ether oxygens (including phenoxy) is 1. The average molecular weight is 483 g/mol. The van der Waals surface area contributed by atoms with Gasteiger partial charge in [-0.15, -0.1) is 11.3 Å². The Morgan fingerprint density at radius 3 is 2.79 bits per heavy atom. The molecule has 1 aromatic rings. The number of amides is 1. The number of aliphatic hydroxyl groups is 1. The molecule has 2 aliphatic heterocycles. The van der Waals surface area contributed by atoms with E-state index in [2.05, 4.69) is 36.0 Å². The molecule has 0 saturated carbocycles. The Morgan fingerprint density at radius 2 is 2.03 bits per heavy atom. The van der Waals surface area contributed by atoms with E-state index in [1.54, 1.807) is 17.4 Å². The van der Waals surface area contributed by atoms with Crippen LogP contribution in [-0.4, -0.2) is 40.4 Å². The fourth-order valence-electron chi connectivity index (χ4n) is 4.53. The number of nitrogens with zero attached hydrogens (tertiary/aromatic N) is 1. The molecule has 0 aliphatic carbocycles. The SMILES string of the molecule is C=C1CC(O)/C=C\CC(/C(C)=C/c2csc(C)n2)NC(=O)/C=C\CC2C=CCC(CC(C)C1)O2. The number of aliphatic hydroxyl groups excluding tert-OH is 1. The second kappa shape index (κ2) is 13.0. The summed E-state index contributed by atoms with van der Waals surface area (Å²) in [6.07, 6.45) is 17.7. The van der Waals surface area contributed by atoms with E-state index < -0.39 is 6.10 Å². The molecule has 0 radical (unpaired) electrons. The van der Waals surface area contributed by atoms with Crippen molar-refractivity contribution in [2.45, 2.75) is 83.6 Å². The van der Waals surface area contributed by atoms with Crippen LogP contribution in [0.2, 0.25) is 0 Å². The predicted octanol–water partition coefficient (Wildman–Crippen LogP) is 5.68. The molecular formula is C28H38N2O3S. The molecule has 5 nitrogen and oxygen atoms in total. The lowest BCUT2D eigenvalue weighted by molar-refractivity contribution is -0.116. The Kier molecular flexibility index (Phi) is 10.1. The lowest BCUT2D eigenvalue weighted by atomic mass is 9.91. The van der Waals surface area contributed by atoms with Crippen LogP contribution in [0.5, 0.6) is 0 Å². The van der Waals surface area contributed by atoms with E-state index in [0.717, 1.165) is 41.1 Å². The third-order valence-corrected chi connectivity index (χ3v) is 6.95. The molecule has 1 aromatic heterocycles. The molecular weight excluding hydrogens is 444 g/mol. The van der Waals surface area contributed by atoms with E-state index in [-0.39, 0.29) is 24.2 Å². The van der Waals surface area contributed by atoms with E-state index >= 15 is 0 Å². The zero-order valence-corrected chi connectivity index (χ0v) is 21.4. The Bertz CT molecular complexity index is 959. The highest BCUT2D eigenvalue weighted by molar-refractivity contribution is 7.09. The van der Waals surface area contributed by atoms with Gasteiger partial charge in [0.15, 0.2) is 0 Å². The van der Waals surface area contributed by atoms with Gasteiger partial charge < -0.3 is 15.2 Å². The van der Waals surface area contributed by atoms with Gasteiger partial charge in [0, 0.05) is 5.38 Å². The molecule has 2 bridgehead atoms. The first-order valence-corrected chi connectivity index (χ1v) is 13.1. The number of aryl methyl sites for hydroxylation is 1. The van der Waals surface area contributed by atoms with Crippen LogP contribution < -0.4 is 5.32 Å². The van der Waals surface area contributed by atoms with Crippen molar-refractivity contribution in [3.8, 4) is 0 Å². The quantitative estimate of drug-likeness (QED) is 0.532. The summed E-state index contributed by atoms with van der Waals surface area (Å²) in [7, 11) is 0. The summed E-state index contributed by atoms with van der Waals surface area (Å²) in [5, 5.41) is 16.6. The zero-order valence-electron chi connectivity index (χ0n) is 20.6. The van der Waals surface area contributed by atoms with Crippen molar-refractivity contribution < 1.29 is 14.6 Å². The van der Waals surface area contributed by atoms with Gasteiger partial charge in [-0.2, -0.15) is 0 Å². The fourth-order valence-corrected chi connectivity index (χ4v) is 5.10. The Hall–Kier alpha value is -2.28. The lowest BCUT2D eigenvalue weighted by Crippen LogP contribution is -2.34. The van der Waals surface area contributed by atoms with Gasteiger partial charge in [-0.1, -0.05) is 49.5 Å². The van der Waals surface area contributed by atoms with Gasteiger partial charge in [0.1, 0.15) is 0 Å². The summed E-state index contributed by atoms with van der Waals surface area (Å²) >= 11 is 1.60. The maximum Gasteiger partial charge on any atom is 0.244 e. The van der Waals surface area contributed by atoms with E-state index in [1.807, 2.05) is 43.5 Å². The van der Waals surface area contributed by atoms with Gasteiger partial charge in [0.25, 0.3) is 0 Å². The average Bonchev–Trinajstić information content (AvgIpc) is 3.16. The number of hydrogen-bond acceptors (Lipinski definition) is 5. The minimum absolute atomic E-state index is 0.00725. The topological polar surface area (TPSA) is 71.5 Å². The first-order chi connectivity index (χ1) is 16.3. The van der Waals surface area contributed by atoms with Crippen LogP contribution in [0.15, 0.2) is 59.6 Å². The maximum atomic E-state index is 12.7. The van der Waals surface area contributed by atoms with Crippen molar-refractivity contribution in [2.75, 3.05) is 0 Å². The van der Waals surface area contributed by atoms with Crippen molar-refractivity contribution in [3.63, 3.8) is 0 Å². The largest absolute Gasteiger partial charge is 0.389 e. The highest BCUT2D eigenvalue weighted by atomic mass is 32.1. The number of nitrogens with one attached hydrogen (secondary N) is 1. The van der Waals surface area contributed by atoms with Crippen LogP contribution in [0, 0.1) is 12.8 Å². The van der Waals surface area contributed by atoms with Crippen LogP contribution in [0.4, 0.5) is 0 Å². The number of carbonyl (C=O) groups is 1. The molecule has 2 aliphatic rings. The molecule has 6 heteroatoms. The van der Waals surface area contributed by atoms with Crippen LogP contribution in [0.25, 0.3) is 6.08 Å². The molecule has 5 atom stereocenters. The van der Waals surface area contributed by atoms with E-state index in [4.69, 9.17) is 4.74 Å². The summed E-state index contributed by atoms with van der Waals surface area (Å²) in [4.78, 5) is 17.2. The number of rotatable bonds is 2. The second-order valence-electron chi connectivity index (χ2n) is 9.57. The number of aromatic nitrogens is 1. The Balaban J connectivity index is 1.76. The number of thiazole rings is 1. The predicted molar refractivity (Wildman–Crippen MR) is 141 cm³/mol. The summed E-state index contributed by atoms with van der Waals surface area (Å²) in [5.74, 6) is 0.299. The highest BCUT2D eigenvalue weighted by Gasteiger charge is 2.21. The first-order valence-electron chi connectivity index (χ1n) is 12.2. The number of hydrogen-bond donors (Lipinski definition) is 2. The number of carbonyl (C=O) groups excluding carboxylic acids is 1. The summed E-state index contributed by atoms with van der Waals surface area (Å²) in [6, 6.07) is -0.195. The zero-order chi connectivity index (χ0) is 24.5. The molecule has 3 heterocycles. The van der Waals surface area contributed by atoms with Gasteiger partial charge >= 0.3 is 0 Å². The van der Waals surface area contributed by atoms with Crippen molar-refractivity contribution in [2.24, 2.45) is 5.92 Å². The summed E-state index contributed by atoms with van der Waals surface area (Å²) in [5.41, 5.74) is 2.96. The van der Waals surface area contributed by atoms with Crippen LogP contribution in [0.3, 0.4) is 0 Å². The molecule has 0 saturated heterocycles. The van der Waals surface area contributed by atoms with Crippen molar-refractivity contribution in [1.82, 2.24) is 10.3 Å². The molecule has 0 spiro atoms. The lowest BCUT2D eigenvalue weighted by Gasteiger charge is -2.28. The van der Waals surface area contributed by atoms with Crippen LogP contribution in [0.1, 0.15) is 63.1 Å². The second-order valence-corrected chi connectivity index (χ2v) is 10.6. The van der Waals surface area contributed by atoms with E-state index in [1.165, 1.54) is 0 Å². The van der Waals surface area contributed by atoms with Crippen molar-refractivity contribution in [1.29, 1.82) is 0 Å². The van der Waals surface area contributed by atoms with Crippen molar-refractivity contribution in [3.05, 3.63) is 70.3 Å². The Morgan fingerprint density at radius 1 is 1.24 bits per heavy atom. The van der Waals surface area contributed by atoms with Crippen molar-refractivity contribution >= 4 is 23.3 Å². The fraction of sp³-hybridized carbons (Fsp3) is 0.500. The van der Waals surface area contributed by atoms with Gasteiger partial charge in [-0.3, -0.25) is 4.79 Å². The normalized spacial score (nSPS) is 31.9. The standard InChI is InChI=1S/C28H38N2O3S/c1-19-14-20(2)16-26-11-6-9-25(33-26)10-7-13-28(32)30-27(12-5-8-24(31)15-19)21(3)17-23-18-34-22(4)29-23/h5-9,13,17-18,20,24-27,31H,1,10-12,14-16H2,2-4H3,(H,30,32)/b8-5-,13-7-,21-17+. The number of fused-ring (bicyclic) bond motifs is 2. The Labute approximate surface area is 208 Å². The summed E-state index contributed by atoms with van der Waals surface area (Å²) in [6.45, 7) is 10.4. The smallest absolute Gasteiger partial charge is 0.244 e. The van der Waals surface area contributed by atoms with Gasteiger partial charge in [0.05, 0.1) is 35.1 Å². The molecule has 34 heavy (non-hydrogen) atoms. The van der Waals surface area contributed by atoms with Crippen LogP contribution >= 0.6 is 11.3 Å². The first kappa shape index (κ1) is 26.3. The van der Waals surface area contributed by atoms with Gasteiger partial charge in [-0.05, 0) is 76.0 Å². The minimum atomic E-state index is -0.585. The minimum Gasteiger partial charge on any atom is -0.389 e. The molecule has 3 rings (SSSR count). The third-order valence-electron chi connectivity index (χ3n) is 6.16. The summed E-state index contributed by atoms with van der Waals surface area (Å²) < 4.78 is 6.25. The van der Waals surface area contributed by atoms with E-state index in [9.17, 15) is 9.90 Å². The monoisotopic (exact) mass is 482 g/mol. The van der Waals surface area contributed by atoms with Gasteiger partial charge in [0.2, 0.25) is 5.91 Å². The highest BCUT2D eigenvalue weighted by Crippen LogP contribution is 2.26. The molecule has 1 amide bonds. The molecule has 0 aromatic carbocycles. The molecule has 2 N–H and O–H groups in total. The van der Waals surface area contributed by atoms with E-state index in [0.29, 0.717) is 25.2 Å². The van der Waals surface area contributed by atoms with Gasteiger partial charge in [-0.25, -0.2) is 4.98 Å². The molecule has 0 fully saturated rings.